The van der Waals surface area contributed by atoms with E-state index in [1.807, 2.05) is 11.6 Å². The first-order valence-electron chi connectivity index (χ1n) is 10.2. The van der Waals surface area contributed by atoms with Crippen LogP contribution in [0, 0.1) is 5.92 Å². The van der Waals surface area contributed by atoms with Crippen LogP contribution in [0.15, 0.2) is 29.4 Å². The zero-order chi connectivity index (χ0) is 20.3. The number of thioether (sulfide) groups is 1. The number of aromatic nitrogens is 3. The summed E-state index contributed by atoms with van der Waals surface area (Å²) in [6, 6.07) is 8.82. The third-order valence-electron chi connectivity index (χ3n) is 5.56. The lowest BCUT2D eigenvalue weighted by atomic mass is 9.87. The highest BCUT2D eigenvalue weighted by Crippen LogP contribution is 2.27. The average molecular weight is 401 g/mol. The number of carbonyl (C=O) groups excluding carboxylic acids is 1. The van der Waals surface area contributed by atoms with Crippen LogP contribution in [0.4, 0.5) is 0 Å². The number of nitrogens with one attached hydrogen (secondary N) is 1. The topological polar surface area (TPSA) is 59.8 Å². The Morgan fingerprint density at radius 3 is 2.39 bits per heavy atom. The van der Waals surface area contributed by atoms with Gasteiger partial charge in [-0.2, -0.15) is 0 Å². The Hall–Kier alpha value is -1.82. The van der Waals surface area contributed by atoms with E-state index in [2.05, 4.69) is 67.5 Å². The molecule has 1 heterocycles. The van der Waals surface area contributed by atoms with Crippen molar-refractivity contribution in [3.63, 3.8) is 0 Å². The predicted molar refractivity (Wildman–Crippen MR) is 115 cm³/mol. The Bertz CT molecular complexity index is 799. The van der Waals surface area contributed by atoms with Crippen molar-refractivity contribution < 1.29 is 4.79 Å². The Morgan fingerprint density at radius 1 is 1.14 bits per heavy atom. The molecule has 0 unspecified atom stereocenters. The summed E-state index contributed by atoms with van der Waals surface area (Å²) in [5.74, 6) is 2.08. The summed E-state index contributed by atoms with van der Waals surface area (Å²) in [6.07, 6.45) is 4.60. The maximum absolute atomic E-state index is 12.3. The fourth-order valence-electron chi connectivity index (χ4n) is 3.62. The smallest absolute Gasteiger partial charge is 0.230 e. The summed E-state index contributed by atoms with van der Waals surface area (Å²) in [5.41, 5.74) is 2.46. The first-order valence-corrected chi connectivity index (χ1v) is 11.1. The quantitative estimate of drug-likeness (QED) is 0.747. The molecule has 1 aliphatic carbocycles. The van der Waals surface area contributed by atoms with E-state index in [9.17, 15) is 4.79 Å². The minimum absolute atomic E-state index is 0.0867. The van der Waals surface area contributed by atoms with E-state index in [0.717, 1.165) is 35.3 Å². The average Bonchev–Trinajstić information content (AvgIpc) is 3.02. The molecule has 0 aliphatic heterocycles. The lowest BCUT2D eigenvalue weighted by Crippen LogP contribution is -2.38. The van der Waals surface area contributed by atoms with Crippen LogP contribution in [0.1, 0.15) is 58.9 Å². The van der Waals surface area contributed by atoms with Crippen LogP contribution >= 0.6 is 11.8 Å². The largest absolute Gasteiger partial charge is 0.353 e. The summed E-state index contributed by atoms with van der Waals surface area (Å²) < 4.78 is 1.96. The molecule has 6 heteroatoms. The molecule has 1 saturated carbocycles. The van der Waals surface area contributed by atoms with Crippen LogP contribution in [0.3, 0.4) is 0 Å². The fraction of sp³-hybridized carbons (Fsp3) is 0.591. The van der Waals surface area contributed by atoms with E-state index in [1.165, 1.54) is 30.2 Å². The Labute approximate surface area is 172 Å². The molecular formula is C22H32N4OS. The molecule has 0 spiro atoms. The first kappa shape index (κ1) is 20.9. The van der Waals surface area contributed by atoms with Crippen molar-refractivity contribution in [1.82, 2.24) is 20.1 Å². The van der Waals surface area contributed by atoms with E-state index in [1.54, 1.807) is 0 Å². The molecule has 2 aromatic rings. The van der Waals surface area contributed by atoms with E-state index in [-0.39, 0.29) is 11.3 Å². The van der Waals surface area contributed by atoms with E-state index in [4.69, 9.17) is 0 Å². The minimum atomic E-state index is 0.0867. The maximum atomic E-state index is 12.3. The van der Waals surface area contributed by atoms with Gasteiger partial charge in [0.25, 0.3) is 0 Å². The molecule has 1 N–H and O–H groups in total. The molecule has 1 fully saturated rings. The second kappa shape index (κ2) is 8.68. The van der Waals surface area contributed by atoms with Gasteiger partial charge in [-0.25, -0.2) is 0 Å². The van der Waals surface area contributed by atoms with E-state index < -0.39 is 0 Å². The van der Waals surface area contributed by atoms with Crippen molar-refractivity contribution in [3.05, 3.63) is 29.8 Å². The zero-order valence-electron chi connectivity index (χ0n) is 17.7. The monoisotopic (exact) mass is 400 g/mol. The number of carbonyl (C=O) groups is 1. The molecule has 28 heavy (non-hydrogen) atoms. The molecule has 1 aromatic carbocycles. The highest BCUT2D eigenvalue weighted by molar-refractivity contribution is 7.99. The Kier molecular flexibility index (Phi) is 6.48. The van der Waals surface area contributed by atoms with Crippen molar-refractivity contribution >= 4 is 17.7 Å². The second-order valence-electron chi connectivity index (χ2n) is 9.01. The molecule has 0 atom stereocenters. The molecule has 1 amide bonds. The van der Waals surface area contributed by atoms with Gasteiger partial charge in [0.1, 0.15) is 0 Å². The Balaban J connectivity index is 1.58. The number of hydrogen-bond acceptors (Lipinski definition) is 4. The van der Waals surface area contributed by atoms with Crippen LogP contribution in [-0.4, -0.2) is 32.5 Å². The molecule has 3 rings (SSSR count). The lowest BCUT2D eigenvalue weighted by molar-refractivity contribution is -0.119. The number of benzene rings is 1. The summed E-state index contributed by atoms with van der Waals surface area (Å²) in [5, 5.41) is 12.6. The highest BCUT2D eigenvalue weighted by Gasteiger charge is 2.20. The van der Waals surface area contributed by atoms with Gasteiger partial charge in [-0.3, -0.25) is 4.79 Å². The van der Waals surface area contributed by atoms with Gasteiger partial charge in [0.05, 0.1) is 5.75 Å². The second-order valence-corrected chi connectivity index (χ2v) is 9.95. The van der Waals surface area contributed by atoms with Crippen molar-refractivity contribution in [2.45, 2.75) is 70.0 Å². The third kappa shape index (κ3) is 5.16. The molecule has 0 saturated heterocycles. The number of hydrogen-bond donors (Lipinski definition) is 1. The molecule has 1 aromatic heterocycles. The molecule has 0 radical (unpaired) electrons. The lowest BCUT2D eigenvalue weighted by Gasteiger charge is -2.26. The molecular weight excluding hydrogens is 368 g/mol. The van der Waals surface area contributed by atoms with Crippen LogP contribution in [0.25, 0.3) is 11.4 Å². The summed E-state index contributed by atoms with van der Waals surface area (Å²) in [6.45, 7) is 8.91. The van der Waals surface area contributed by atoms with Crippen LogP contribution in [0.5, 0.6) is 0 Å². The van der Waals surface area contributed by atoms with Gasteiger partial charge in [-0.15, -0.1) is 10.2 Å². The van der Waals surface area contributed by atoms with Crippen LogP contribution < -0.4 is 5.32 Å². The van der Waals surface area contributed by atoms with Gasteiger partial charge in [-0.1, -0.05) is 63.7 Å². The fourth-order valence-corrected chi connectivity index (χ4v) is 4.34. The summed E-state index contributed by atoms with van der Waals surface area (Å²) in [4.78, 5) is 12.3. The number of nitrogens with zero attached hydrogens (tertiary/aromatic N) is 3. The van der Waals surface area contributed by atoms with Crippen LogP contribution in [0.2, 0.25) is 0 Å². The molecule has 1 aliphatic rings. The third-order valence-corrected chi connectivity index (χ3v) is 6.58. The standard InChI is InChI=1S/C22H32N4OS/c1-15-6-12-18(13-7-15)23-19(27)14-28-21-25-24-20(26(21)5)16-8-10-17(11-9-16)22(2,3)4/h8-11,15,18H,6-7,12-14H2,1-5H3,(H,23,27). The van der Waals surface area contributed by atoms with Crippen molar-refractivity contribution in [1.29, 1.82) is 0 Å². The maximum Gasteiger partial charge on any atom is 0.230 e. The van der Waals surface area contributed by atoms with Gasteiger partial charge >= 0.3 is 0 Å². The molecule has 5 nitrogen and oxygen atoms in total. The van der Waals surface area contributed by atoms with Crippen molar-refractivity contribution in [2.24, 2.45) is 13.0 Å². The predicted octanol–water partition coefficient (Wildman–Crippen LogP) is 4.57. The van der Waals surface area contributed by atoms with E-state index >= 15 is 0 Å². The van der Waals surface area contributed by atoms with Gasteiger partial charge in [-0.05, 0) is 42.6 Å². The van der Waals surface area contributed by atoms with Crippen LogP contribution in [-0.2, 0) is 17.3 Å². The SMILES string of the molecule is CC1CCC(NC(=O)CSc2nnc(-c3ccc(C(C)(C)C)cc3)n2C)CC1. The minimum Gasteiger partial charge on any atom is -0.353 e. The Morgan fingerprint density at radius 2 is 1.79 bits per heavy atom. The van der Waals surface area contributed by atoms with Crippen molar-refractivity contribution in [2.75, 3.05) is 5.75 Å². The molecule has 152 valence electrons. The van der Waals surface area contributed by atoms with Crippen molar-refractivity contribution in [3.8, 4) is 11.4 Å². The van der Waals surface area contributed by atoms with Gasteiger partial charge < -0.3 is 9.88 Å². The van der Waals surface area contributed by atoms with Gasteiger partial charge in [0.15, 0.2) is 11.0 Å². The number of rotatable bonds is 5. The zero-order valence-corrected chi connectivity index (χ0v) is 18.5. The first-order chi connectivity index (χ1) is 13.2. The summed E-state index contributed by atoms with van der Waals surface area (Å²) >= 11 is 1.44. The van der Waals surface area contributed by atoms with E-state index in [0.29, 0.717) is 11.8 Å². The number of amides is 1. The van der Waals surface area contributed by atoms with Gasteiger partial charge in [0.2, 0.25) is 5.91 Å². The normalized spacial score (nSPS) is 20.2. The summed E-state index contributed by atoms with van der Waals surface area (Å²) in [7, 11) is 1.95. The van der Waals surface area contributed by atoms with Gasteiger partial charge in [0, 0.05) is 18.7 Å². The molecule has 0 bridgehead atoms. The highest BCUT2D eigenvalue weighted by atomic mass is 32.2.